The zero-order valence-electron chi connectivity index (χ0n) is 58.0. The Balaban J connectivity index is 3.43. The van der Waals surface area contributed by atoms with Crippen LogP contribution in [0.2, 0.25) is 0 Å². The van der Waals surface area contributed by atoms with Gasteiger partial charge in [-0.2, -0.15) is 0 Å². The number of unbranched alkanes of at least 4 members (excludes halogenated alkanes) is 39. The topological polar surface area (TPSA) is 72.8 Å². The first-order valence-corrected chi connectivity index (χ1v) is 37.7. The van der Waals surface area contributed by atoms with Crippen LogP contribution >= 0.6 is 0 Å². The van der Waals surface area contributed by atoms with E-state index in [1.165, 1.54) is 225 Å². The highest BCUT2D eigenvalue weighted by molar-refractivity contribution is 5.70. The molecule has 5 heteroatoms. The van der Waals surface area contributed by atoms with E-state index in [-0.39, 0.29) is 25.2 Å². The number of aliphatic hydroxyl groups is 1. The molecule has 504 valence electrons. The summed E-state index contributed by atoms with van der Waals surface area (Å²) in [4.78, 5) is 24.7. The molecular formula is C83H142O5. The zero-order chi connectivity index (χ0) is 63.3. The Morgan fingerprint density at radius 1 is 0.261 bits per heavy atom. The van der Waals surface area contributed by atoms with Gasteiger partial charge in [-0.1, -0.05) is 372 Å². The van der Waals surface area contributed by atoms with Gasteiger partial charge in [-0.3, -0.25) is 9.59 Å². The number of carbonyl (C=O) groups excluding carboxylic acids is 2. The fourth-order valence-corrected chi connectivity index (χ4v) is 10.9. The van der Waals surface area contributed by atoms with Crippen LogP contribution in [0.3, 0.4) is 0 Å². The van der Waals surface area contributed by atoms with Gasteiger partial charge in [0.1, 0.15) is 6.61 Å². The highest BCUT2D eigenvalue weighted by atomic mass is 16.6. The molecule has 0 fully saturated rings. The molecule has 0 aromatic rings. The highest BCUT2D eigenvalue weighted by Gasteiger charge is 2.16. The summed E-state index contributed by atoms with van der Waals surface area (Å²) in [6, 6.07) is 0. The lowest BCUT2D eigenvalue weighted by molar-refractivity contribution is -0.161. The van der Waals surface area contributed by atoms with Crippen LogP contribution in [0.4, 0.5) is 0 Å². The molecule has 0 aliphatic rings. The van der Waals surface area contributed by atoms with E-state index in [1.807, 2.05) is 0 Å². The Hall–Kier alpha value is -3.96. The van der Waals surface area contributed by atoms with Crippen molar-refractivity contribution in [1.82, 2.24) is 0 Å². The largest absolute Gasteiger partial charge is 0.462 e. The minimum absolute atomic E-state index is 0.0657. The average Bonchev–Trinajstić information content (AvgIpc) is 3.55. The molecule has 0 saturated heterocycles. The number of allylic oxidation sites excluding steroid dienone is 22. The van der Waals surface area contributed by atoms with E-state index in [2.05, 4.69) is 148 Å². The van der Waals surface area contributed by atoms with Crippen LogP contribution < -0.4 is 0 Å². The summed E-state index contributed by atoms with van der Waals surface area (Å²) in [6.07, 6.45) is 115. The molecule has 88 heavy (non-hydrogen) atoms. The van der Waals surface area contributed by atoms with Crippen LogP contribution in [0.5, 0.6) is 0 Å². The highest BCUT2D eigenvalue weighted by Crippen LogP contribution is 2.18. The second-order valence-corrected chi connectivity index (χ2v) is 25.0. The molecule has 5 nitrogen and oxygen atoms in total. The van der Waals surface area contributed by atoms with E-state index in [0.29, 0.717) is 12.8 Å². The van der Waals surface area contributed by atoms with Gasteiger partial charge in [0, 0.05) is 12.8 Å². The normalized spacial score (nSPS) is 13.0. The standard InChI is InChI=1S/C83H142O5/c1-3-5-7-9-11-13-15-17-19-21-23-25-27-29-31-33-35-37-39-41-43-45-47-49-51-53-55-57-59-61-63-65-67-69-71-73-75-77-82(85)87-80-81(79-84)88-83(86)78-76-74-72-70-68-66-64-62-60-58-56-54-52-50-48-46-44-42-40-38-36-34-32-30-28-26-24-22-20-18-16-14-12-10-8-6-4-2/h5-8,11-14,17-20,23-26,29-32,36,38,81,84H,3-4,9-10,15-16,21-22,27-28,33-35,37,39-80H2,1-2H3/b7-5-,8-6-,13-11-,14-12-,19-17-,20-18-,25-23-,26-24-,31-29-,32-30-,38-36-. The third-order valence-electron chi connectivity index (χ3n) is 16.4. The molecule has 0 aromatic heterocycles. The zero-order valence-corrected chi connectivity index (χ0v) is 58.0. The molecule has 0 aliphatic carbocycles. The van der Waals surface area contributed by atoms with Crippen LogP contribution in [0.15, 0.2) is 134 Å². The molecule has 0 aliphatic heterocycles. The number of esters is 2. The van der Waals surface area contributed by atoms with Crippen molar-refractivity contribution in [3.05, 3.63) is 134 Å². The van der Waals surface area contributed by atoms with Crippen molar-refractivity contribution < 1.29 is 24.2 Å². The third-order valence-corrected chi connectivity index (χ3v) is 16.4. The Bertz CT molecular complexity index is 1770. The molecule has 1 N–H and O–H groups in total. The molecule has 1 atom stereocenters. The third kappa shape index (κ3) is 74.5. The van der Waals surface area contributed by atoms with Crippen molar-refractivity contribution in [2.75, 3.05) is 13.2 Å². The van der Waals surface area contributed by atoms with Gasteiger partial charge in [0.05, 0.1) is 6.61 Å². The average molecular weight is 1220 g/mol. The monoisotopic (exact) mass is 1220 g/mol. The predicted octanol–water partition coefficient (Wildman–Crippen LogP) is 26.7. The van der Waals surface area contributed by atoms with Gasteiger partial charge < -0.3 is 14.6 Å². The van der Waals surface area contributed by atoms with Crippen molar-refractivity contribution in [3.8, 4) is 0 Å². The summed E-state index contributed by atoms with van der Waals surface area (Å²) < 4.78 is 10.8. The lowest BCUT2D eigenvalue weighted by atomic mass is 10.0. The fourth-order valence-electron chi connectivity index (χ4n) is 10.9. The van der Waals surface area contributed by atoms with Crippen LogP contribution in [-0.4, -0.2) is 36.4 Å². The van der Waals surface area contributed by atoms with Crippen LogP contribution in [0.1, 0.15) is 361 Å². The SMILES string of the molecule is CC/C=C\C/C=C\C/C=C\C/C=C\C/C=C\C/C=C\CCCCCCCCCCCCCCCCCCCCC(=O)OC(CO)COC(=O)CCCCCCCCCCCCCCCCCCCCCCC/C=C\C/C=C\C/C=C\C/C=C\C/C=C\CC. The maximum absolute atomic E-state index is 12.4. The first-order valence-electron chi connectivity index (χ1n) is 37.7. The summed E-state index contributed by atoms with van der Waals surface area (Å²) in [7, 11) is 0. The number of aliphatic hydroxyl groups excluding tert-OH is 1. The Kier molecular flexibility index (Phi) is 73.8. The summed E-state index contributed by atoms with van der Waals surface area (Å²) >= 11 is 0. The smallest absolute Gasteiger partial charge is 0.306 e. The molecule has 0 aromatic carbocycles. The van der Waals surface area contributed by atoms with E-state index in [1.54, 1.807) is 0 Å². The van der Waals surface area contributed by atoms with Crippen LogP contribution in [0.25, 0.3) is 0 Å². The molecule has 0 heterocycles. The Labute approximate surface area is 546 Å². The summed E-state index contributed by atoms with van der Waals surface area (Å²) in [5.41, 5.74) is 0. The lowest BCUT2D eigenvalue weighted by Gasteiger charge is -2.15. The van der Waals surface area contributed by atoms with Gasteiger partial charge in [0.25, 0.3) is 0 Å². The maximum Gasteiger partial charge on any atom is 0.306 e. The molecule has 0 spiro atoms. The summed E-state index contributed by atoms with van der Waals surface area (Å²) in [5, 5.41) is 9.72. The number of hydrogen-bond donors (Lipinski definition) is 1. The lowest BCUT2D eigenvalue weighted by Crippen LogP contribution is -2.28. The number of rotatable bonds is 69. The second kappa shape index (κ2) is 77.3. The van der Waals surface area contributed by atoms with Crippen molar-refractivity contribution in [3.63, 3.8) is 0 Å². The minimum atomic E-state index is -0.777. The molecular weight excluding hydrogens is 1080 g/mol. The van der Waals surface area contributed by atoms with Gasteiger partial charge >= 0.3 is 11.9 Å². The first-order chi connectivity index (χ1) is 43.6. The van der Waals surface area contributed by atoms with E-state index >= 15 is 0 Å². The van der Waals surface area contributed by atoms with Gasteiger partial charge in [-0.15, -0.1) is 0 Å². The van der Waals surface area contributed by atoms with Crippen molar-refractivity contribution in [2.45, 2.75) is 367 Å². The van der Waals surface area contributed by atoms with E-state index in [9.17, 15) is 14.7 Å². The molecule has 0 bridgehead atoms. The van der Waals surface area contributed by atoms with E-state index < -0.39 is 6.10 Å². The summed E-state index contributed by atoms with van der Waals surface area (Å²) in [6.45, 7) is 3.95. The Morgan fingerprint density at radius 3 is 0.682 bits per heavy atom. The maximum atomic E-state index is 12.4. The van der Waals surface area contributed by atoms with E-state index in [4.69, 9.17) is 9.47 Å². The second-order valence-electron chi connectivity index (χ2n) is 25.0. The number of hydrogen-bond acceptors (Lipinski definition) is 5. The molecule has 0 amide bonds. The first kappa shape index (κ1) is 84.0. The van der Waals surface area contributed by atoms with E-state index in [0.717, 1.165) is 109 Å². The number of ether oxygens (including phenoxy) is 2. The minimum Gasteiger partial charge on any atom is -0.462 e. The predicted molar refractivity (Wildman–Crippen MR) is 389 cm³/mol. The van der Waals surface area contributed by atoms with Gasteiger partial charge in [0.2, 0.25) is 0 Å². The van der Waals surface area contributed by atoms with Crippen molar-refractivity contribution in [1.29, 1.82) is 0 Å². The van der Waals surface area contributed by atoms with Gasteiger partial charge in [-0.25, -0.2) is 0 Å². The number of carbonyl (C=O) groups is 2. The van der Waals surface area contributed by atoms with Crippen LogP contribution in [0, 0.1) is 0 Å². The van der Waals surface area contributed by atoms with Crippen molar-refractivity contribution >= 4 is 11.9 Å². The molecule has 0 saturated carbocycles. The molecule has 0 rings (SSSR count). The molecule has 1 unspecified atom stereocenters. The van der Waals surface area contributed by atoms with Crippen molar-refractivity contribution in [2.24, 2.45) is 0 Å². The quantitative estimate of drug-likeness (QED) is 0.0373. The molecule has 0 radical (unpaired) electrons. The van der Waals surface area contributed by atoms with Gasteiger partial charge in [0.15, 0.2) is 6.10 Å². The van der Waals surface area contributed by atoms with Gasteiger partial charge in [-0.05, 0) is 109 Å². The Morgan fingerprint density at radius 2 is 0.455 bits per heavy atom. The van der Waals surface area contributed by atoms with Crippen LogP contribution in [-0.2, 0) is 19.1 Å². The summed E-state index contributed by atoms with van der Waals surface area (Å²) in [5.74, 6) is -0.576. The fraction of sp³-hybridized carbons (Fsp3) is 0.711.